The zero-order valence-electron chi connectivity index (χ0n) is 26.8. The third kappa shape index (κ3) is 5.58. The minimum Gasteiger partial charge on any atom is -0.509 e. The van der Waals surface area contributed by atoms with E-state index < -0.39 is 0 Å². The number of rotatable bonds is 7. The summed E-state index contributed by atoms with van der Waals surface area (Å²) in [6.45, 7) is 4.16. The van der Waals surface area contributed by atoms with Crippen LogP contribution in [-0.2, 0) is 27.5 Å². The molecule has 1 aliphatic heterocycles. The van der Waals surface area contributed by atoms with Crippen LogP contribution in [0, 0.1) is 24.6 Å². The van der Waals surface area contributed by atoms with E-state index in [9.17, 15) is 4.39 Å². The molecule has 1 saturated carbocycles. The van der Waals surface area contributed by atoms with E-state index in [2.05, 4.69) is 95.3 Å². The molecule has 7 aromatic rings. The van der Waals surface area contributed by atoms with Crippen molar-refractivity contribution in [2.45, 2.75) is 38.5 Å². The average Bonchev–Trinajstić information content (AvgIpc) is 3.64. The van der Waals surface area contributed by atoms with Crippen LogP contribution in [0.3, 0.4) is 0 Å². The second-order valence-electron chi connectivity index (χ2n) is 12.5. The Morgan fingerprint density at radius 2 is 1.63 bits per heavy atom. The number of anilines is 4. The van der Waals surface area contributed by atoms with E-state index in [1.54, 1.807) is 12.1 Å². The fourth-order valence-electron chi connectivity index (χ4n) is 6.94. The maximum atomic E-state index is 14.3. The van der Waals surface area contributed by atoms with Crippen LogP contribution >= 0.6 is 0 Å². The van der Waals surface area contributed by atoms with Crippen LogP contribution in [-0.4, -0.2) is 9.55 Å². The van der Waals surface area contributed by atoms with Crippen molar-refractivity contribution in [3.63, 3.8) is 0 Å². The molecule has 246 valence electrons. The Kier molecular flexibility index (Phi) is 8.21. The van der Waals surface area contributed by atoms with Gasteiger partial charge in [-0.05, 0) is 84.7 Å². The van der Waals surface area contributed by atoms with Gasteiger partial charge < -0.3 is 19.1 Å². The molecular formula is C42H32FN4OPt-3. The Balaban J connectivity index is 0.00000348. The monoisotopic (exact) mass is 822 g/mol. The molecule has 0 radical (unpaired) electrons. The maximum absolute atomic E-state index is 14.3. The van der Waals surface area contributed by atoms with Gasteiger partial charge in [0.1, 0.15) is 11.6 Å². The topological polar surface area (TPSA) is 33.5 Å². The van der Waals surface area contributed by atoms with Crippen molar-refractivity contribution in [2.24, 2.45) is 0 Å². The van der Waals surface area contributed by atoms with E-state index in [1.807, 2.05) is 42.0 Å². The van der Waals surface area contributed by atoms with Crippen molar-refractivity contribution in [2.75, 3.05) is 9.80 Å². The Morgan fingerprint density at radius 3 is 2.43 bits per heavy atom. The first-order chi connectivity index (χ1) is 23.6. The van der Waals surface area contributed by atoms with Crippen LogP contribution in [0.2, 0.25) is 0 Å². The molecule has 1 fully saturated rings. The fraction of sp³-hybridized carbons (Fsp3) is 0.143. The molecule has 5 aromatic carbocycles. The molecule has 0 bridgehead atoms. The van der Waals surface area contributed by atoms with Crippen molar-refractivity contribution < 1.29 is 30.2 Å². The number of hydrogen-bond acceptors (Lipinski definition) is 4. The molecule has 5 nitrogen and oxygen atoms in total. The van der Waals surface area contributed by atoms with Crippen LogP contribution < -0.4 is 14.5 Å². The van der Waals surface area contributed by atoms with Crippen LogP contribution in [0.5, 0.6) is 11.5 Å². The minimum atomic E-state index is -0.271. The quantitative estimate of drug-likeness (QED) is 0.150. The Labute approximate surface area is 299 Å². The van der Waals surface area contributed by atoms with Gasteiger partial charge >= 0.3 is 0 Å². The predicted molar refractivity (Wildman–Crippen MR) is 190 cm³/mol. The van der Waals surface area contributed by atoms with Crippen molar-refractivity contribution in [3.8, 4) is 17.3 Å². The van der Waals surface area contributed by atoms with Gasteiger partial charge in [-0.1, -0.05) is 55.3 Å². The summed E-state index contributed by atoms with van der Waals surface area (Å²) in [6, 6.07) is 43.1. The van der Waals surface area contributed by atoms with E-state index >= 15 is 0 Å². The first kappa shape index (κ1) is 31.3. The molecule has 0 atom stereocenters. The number of ether oxygens (including phenoxy) is 1. The number of aryl methyl sites for hydroxylation is 1. The van der Waals surface area contributed by atoms with Gasteiger partial charge in [0, 0.05) is 61.3 Å². The molecule has 0 amide bonds. The maximum Gasteiger partial charge on any atom is 0.135 e. The van der Waals surface area contributed by atoms with E-state index in [0.29, 0.717) is 17.4 Å². The SMILES string of the molecule is CCc1ccnc(-n2c3[c-]c(Oc4[c-]c(N5[CH-]N(c6cccc(F)c6)c6ccccc65)cc(C5CCC5)c4)ccc3c3ccccc32)c1.[Pt]. The molecule has 0 N–H and O–H groups in total. The largest absolute Gasteiger partial charge is 0.509 e. The predicted octanol–water partition coefficient (Wildman–Crippen LogP) is 10.9. The molecular weight excluding hydrogens is 791 g/mol. The molecule has 3 heterocycles. The summed E-state index contributed by atoms with van der Waals surface area (Å²) in [7, 11) is 0. The standard InChI is InChI=1S/C42H32FN4O.Pt/c1-2-28-19-20-44-42(21-28)47-38-14-4-3-13-36(38)37-18-17-34(26-41(37)47)48-35-23-30(29-9-7-10-29)22-33(25-35)46-27-45(32-12-8-11-31(43)24-32)39-15-5-6-16-40(39)46;/h3-6,8,11-24,27,29H,2,7,9-10H2,1H3;/q-3;. The van der Waals surface area contributed by atoms with E-state index in [4.69, 9.17) is 9.72 Å². The van der Waals surface area contributed by atoms with Gasteiger partial charge in [0.15, 0.2) is 0 Å². The summed E-state index contributed by atoms with van der Waals surface area (Å²) in [5, 5.41) is 2.24. The van der Waals surface area contributed by atoms with Gasteiger partial charge in [0.2, 0.25) is 0 Å². The number of fused-ring (bicyclic) bond motifs is 4. The van der Waals surface area contributed by atoms with Gasteiger partial charge in [-0.15, -0.1) is 53.6 Å². The number of aromatic nitrogens is 2. The van der Waals surface area contributed by atoms with Crippen molar-refractivity contribution >= 4 is 44.6 Å². The molecule has 2 aliphatic rings. The summed E-state index contributed by atoms with van der Waals surface area (Å²) in [6.07, 6.45) is 6.34. The summed E-state index contributed by atoms with van der Waals surface area (Å²) in [5.41, 5.74) is 8.05. The number of nitrogens with zero attached hydrogens (tertiary/aromatic N) is 4. The zero-order valence-corrected chi connectivity index (χ0v) is 29.1. The van der Waals surface area contributed by atoms with Gasteiger partial charge in [-0.25, -0.2) is 9.37 Å². The van der Waals surface area contributed by atoms with Gasteiger partial charge in [0.05, 0.1) is 0 Å². The minimum absolute atomic E-state index is 0. The molecule has 2 aromatic heterocycles. The van der Waals surface area contributed by atoms with Crippen molar-refractivity contribution in [1.82, 2.24) is 9.55 Å². The van der Waals surface area contributed by atoms with Gasteiger partial charge in [-0.3, -0.25) is 0 Å². The molecule has 9 rings (SSSR count). The third-order valence-electron chi connectivity index (χ3n) is 9.63. The van der Waals surface area contributed by atoms with Crippen LogP contribution in [0.15, 0.2) is 115 Å². The molecule has 0 spiro atoms. The van der Waals surface area contributed by atoms with E-state index in [0.717, 1.165) is 69.6 Å². The normalized spacial score (nSPS) is 14.2. The van der Waals surface area contributed by atoms with E-state index in [-0.39, 0.29) is 26.9 Å². The first-order valence-corrected chi connectivity index (χ1v) is 16.6. The van der Waals surface area contributed by atoms with Gasteiger partial charge in [0.25, 0.3) is 0 Å². The molecule has 49 heavy (non-hydrogen) atoms. The van der Waals surface area contributed by atoms with Crippen LogP contribution in [0.1, 0.15) is 43.2 Å². The number of hydrogen-bond donors (Lipinski definition) is 0. The summed E-state index contributed by atoms with van der Waals surface area (Å²) < 4.78 is 23.1. The Bertz CT molecular complexity index is 2330. The fourth-order valence-corrected chi connectivity index (χ4v) is 6.94. The number of para-hydroxylation sites is 3. The van der Waals surface area contributed by atoms with Crippen LogP contribution in [0.4, 0.5) is 27.1 Å². The van der Waals surface area contributed by atoms with Gasteiger partial charge in [-0.2, -0.15) is 6.07 Å². The summed E-state index contributed by atoms with van der Waals surface area (Å²) >= 11 is 0. The smallest absolute Gasteiger partial charge is 0.135 e. The third-order valence-corrected chi connectivity index (χ3v) is 9.63. The number of pyridine rings is 1. The van der Waals surface area contributed by atoms with Crippen molar-refractivity contribution in [3.05, 3.63) is 151 Å². The zero-order chi connectivity index (χ0) is 32.2. The second-order valence-corrected chi connectivity index (χ2v) is 12.5. The molecule has 7 heteroatoms. The first-order valence-electron chi connectivity index (χ1n) is 16.6. The number of benzene rings is 5. The van der Waals surface area contributed by atoms with Crippen molar-refractivity contribution in [1.29, 1.82) is 0 Å². The van der Waals surface area contributed by atoms with E-state index in [1.165, 1.54) is 23.6 Å². The second kappa shape index (κ2) is 12.8. The van der Waals surface area contributed by atoms with Crippen LogP contribution in [0.25, 0.3) is 27.6 Å². The average molecular weight is 823 g/mol. The summed E-state index contributed by atoms with van der Waals surface area (Å²) in [5.74, 6) is 2.31. The Hall–Kier alpha value is -4.93. The Morgan fingerprint density at radius 1 is 0.816 bits per heavy atom. The molecule has 0 unspecified atom stereocenters. The summed E-state index contributed by atoms with van der Waals surface area (Å²) in [4.78, 5) is 8.90. The molecule has 0 saturated heterocycles. The number of halogens is 1. The molecule has 1 aliphatic carbocycles.